The van der Waals surface area contributed by atoms with E-state index in [1.54, 1.807) is 0 Å². The number of aryl methyl sites for hydroxylation is 1. The lowest BCUT2D eigenvalue weighted by atomic mass is 10.1. The molecule has 22 heavy (non-hydrogen) atoms. The molecule has 1 amide bonds. The highest BCUT2D eigenvalue weighted by atomic mass is 16.5. The third-order valence-electron chi connectivity index (χ3n) is 4.67. The molecule has 1 N–H and O–H groups in total. The second kappa shape index (κ2) is 7.25. The van der Waals surface area contributed by atoms with Crippen LogP contribution in [0.2, 0.25) is 0 Å². The topological polar surface area (TPSA) is 41.6 Å². The lowest BCUT2D eigenvalue weighted by Gasteiger charge is -2.33. The Morgan fingerprint density at radius 1 is 1.32 bits per heavy atom. The largest absolute Gasteiger partial charge is 0.376 e. The molecule has 0 spiro atoms. The minimum absolute atomic E-state index is 0.190. The highest BCUT2D eigenvalue weighted by Crippen LogP contribution is 2.23. The van der Waals surface area contributed by atoms with Crippen LogP contribution in [-0.4, -0.2) is 48.7 Å². The summed E-state index contributed by atoms with van der Waals surface area (Å²) >= 11 is 0. The third-order valence-corrected chi connectivity index (χ3v) is 4.67. The predicted octanol–water partition coefficient (Wildman–Crippen LogP) is 1.99. The van der Waals surface area contributed by atoms with E-state index in [1.807, 2.05) is 18.2 Å². The standard InChI is InChI=1S/C18H26N2O2/c1-14-11-20-12-16(10-17(20)13-22-14)19-18(21)9-5-8-15-6-3-2-4-7-15/h2-4,6-7,14,16-17H,5,8-13H2,1H3,(H,19,21)/t14-,16-,17+/m1/s1. The fourth-order valence-corrected chi connectivity index (χ4v) is 3.54. The van der Waals surface area contributed by atoms with Gasteiger partial charge < -0.3 is 10.1 Å². The number of ether oxygens (including phenoxy) is 1. The molecule has 3 rings (SSSR count). The maximum absolute atomic E-state index is 12.1. The summed E-state index contributed by atoms with van der Waals surface area (Å²) in [6, 6.07) is 11.1. The molecule has 0 aliphatic carbocycles. The van der Waals surface area contributed by atoms with Crippen LogP contribution in [-0.2, 0) is 16.0 Å². The maximum atomic E-state index is 12.1. The molecule has 2 aliphatic heterocycles. The van der Waals surface area contributed by atoms with E-state index >= 15 is 0 Å². The summed E-state index contributed by atoms with van der Waals surface area (Å²) in [4.78, 5) is 14.6. The van der Waals surface area contributed by atoms with Crippen molar-refractivity contribution in [1.82, 2.24) is 10.2 Å². The molecule has 0 aromatic heterocycles. The van der Waals surface area contributed by atoms with Gasteiger partial charge in [0.2, 0.25) is 5.91 Å². The lowest BCUT2D eigenvalue weighted by Crippen LogP contribution is -2.45. The summed E-state index contributed by atoms with van der Waals surface area (Å²) in [5.41, 5.74) is 1.31. The molecule has 2 saturated heterocycles. The molecule has 0 unspecified atom stereocenters. The molecule has 0 saturated carbocycles. The number of amides is 1. The van der Waals surface area contributed by atoms with Crippen molar-refractivity contribution < 1.29 is 9.53 Å². The first-order valence-corrected chi connectivity index (χ1v) is 8.39. The second-order valence-corrected chi connectivity index (χ2v) is 6.59. The SMILES string of the molecule is C[C@@H]1CN2C[C@H](NC(=O)CCCc3ccccc3)C[C@H]2CO1. The van der Waals surface area contributed by atoms with Gasteiger partial charge in [0.25, 0.3) is 0 Å². The first-order chi connectivity index (χ1) is 10.7. The summed E-state index contributed by atoms with van der Waals surface area (Å²) < 4.78 is 5.70. The highest BCUT2D eigenvalue weighted by Gasteiger charge is 2.36. The Bertz CT molecular complexity index is 491. The van der Waals surface area contributed by atoms with E-state index in [0.29, 0.717) is 24.6 Å². The van der Waals surface area contributed by atoms with E-state index in [1.165, 1.54) is 5.56 Å². The van der Waals surface area contributed by atoms with Gasteiger partial charge >= 0.3 is 0 Å². The van der Waals surface area contributed by atoms with Gasteiger partial charge in [-0.05, 0) is 31.7 Å². The molecule has 2 heterocycles. The molecule has 3 atom stereocenters. The van der Waals surface area contributed by atoms with Crippen LogP contribution in [0.5, 0.6) is 0 Å². The molecular formula is C18H26N2O2. The van der Waals surface area contributed by atoms with Crippen molar-refractivity contribution in [3.8, 4) is 0 Å². The van der Waals surface area contributed by atoms with Crippen LogP contribution in [0.4, 0.5) is 0 Å². The first kappa shape index (κ1) is 15.5. The van der Waals surface area contributed by atoms with Crippen LogP contribution in [0, 0.1) is 0 Å². The third kappa shape index (κ3) is 4.08. The van der Waals surface area contributed by atoms with Gasteiger partial charge in [-0.3, -0.25) is 9.69 Å². The number of carbonyl (C=O) groups is 1. The molecule has 2 aliphatic rings. The van der Waals surface area contributed by atoms with Gasteiger partial charge in [0.15, 0.2) is 0 Å². The molecule has 4 heteroatoms. The van der Waals surface area contributed by atoms with Crippen molar-refractivity contribution in [2.24, 2.45) is 0 Å². The Labute approximate surface area is 132 Å². The zero-order valence-electron chi connectivity index (χ0n) is 13.3. The summed E-state index contributed by atoms with van der Waals surface area (Å²) in [6.07, 6.45) is 3.84. The van der Waals surface area contributed by atoms with Crippen molar-refractivity contribution in [3.63, 3.8) is 0 Å². The average Bonchev–Trinajstić information content (AvgIpc) is 2.89. The number of hydrogen-bond acceptors (Lipinski definition) is 3. The second-order valence-electron chi connectivity index (χ2n) is 6.59. The Hall–Kier alpha value is -1.39. The van der Waals surface area contributed by atoms with Gasteiger partial charge in [-0.1, -0.05) is 30.3 Å². The summed E-state index contributed by atoms with van der Waals surface area (Å²) in [6.45, 7) is 4.89. The number of nitrogens with one attached hydrogen (secondary N) is 1. The van der Waals surface area contributed by atoms with Crippen LogP contribution in [0.1, 0.15) is 31.7 Å². The van der Waals surface area contributed by atoms with E-state index in [0.717, 1.165) is 39.0 Å². The van der Waals surface area contributed by atoms with Crippen molar-refractivity contribution in [3.05, 3.63) is 35.9 Å². The van der Waals surface area contributed by atoms with Gasteiger partial charge in [-0.25, -0.2) is 0 Å². The number of rotatable bonds is 5. The zero-order valence-corrected chi connectivity index (χ0v) is 13.3. The van der Waals surface area contributed by atoms with E-state index < -0.39 is 0 Å². The van der Waals surface area contributed by atoms with Gasteiger partial charge in [0.05, 0.1) is 12.7 Å². The normalized spacial score (nSPS) is 28.3. The van der Waals surface area contributed by atoms with Crippen LogP contribution in [0.15, 0.2) is 30.3 Å². The van der Waals surface area contributed by atoms with E-state index in [2.05, 4.69) is 29.3 Å². The minimum atomic E-state index is 0.190. The zero-order chi connectivity index (χ0) is 15.4. The van der Waals surface area contributed by atoms with Crippen LogP contribution in [0.3, 0.4) is 0 Å². The molecule has 0 radical (unpaired) electrons. The fraction of sp³-hybridized carbons (Fsp3) is 0.611. The number of benzene rings is 1. The van der Waals surface area contributed by atoms with Crippen LogP contribution >= 0.6 is 0 Å². The Kier molecular flexibility index (Phi) is 5.11. The average molecular weight is 302 g/mol. The van der Waals surface area contributed by atoms with Crippen molar-refractivity contribution in [1.29, 1.82) is 0 Å². The predicted molar refractivity (Wildman–Crippen MR) is 86.7 cm³/mol. The minimum Gasteiger partial charge on any atom is -0.376 e. The summed E-state index contributed by atoms with van der Waals surface area (Å²) in [7, 11) is 0. The Balaban J connectivity index is 1.37. The summed E-state index contributed by atoms with van der Waals surface area (Å²) in [5, 5.41) is 3.20. The number of morpholine rings is 1. The van der Waals surface area contributed by atoms with Gasteiger partial charge in [-0.15, -0.1) is 0 Å². The smallest absolute Gasteiger partial charge is 0.220 e. The van der Waals surface area contributed by atoms with E-state index in [-0.39, 0.29) is 5.91 Å². The Morgan fingerprint density at radius 2 is 2.14 bits per heavy atom. The van der Waals surface area contributed by atoms with Gasteiger partial charge in [0.1, 0.15) is 0 Å². The van der Waals surface area contributed by atoms with Gasteiger partial charge in [0, 0.05) is 31.6 Å². The maximum Gasteiger partial charge on any atom is 0.220 e. The molecular weight excluding hydrogens is 276 g/mol. The monoisotopic (exact) mass is 302 g/mol. The van der Waals surface area contributed by atoms with Gasteiger partial charge in [-0.2, -0.15) is 0 Å². The molecule has 120 valence electrons. The highest BCUT2D eigenvalue weighted by molar-refractivity contribution is 5.76. The molecule has 4 nitrogen and oxygen atoms in total. The quantitative estimate of drug-likeness (QED) is 0.904. The molecule has 1 aromatic carbocycles. The van der Waals surface area contributed by atoms with E-state index in [4.69, 9.17) is 4.74 Å². The molecule has 2 fully saturated rings. The number of carbonyl (C=O) groups excluding carboxylic acids is 1. The number of nitrogens with zero attached hydrogens (tertiary/aromatic N) is 1. The number of hydrogen-bond donors (Lipinski definition) is 1. The number of fused-ring (bicyclic) bond motifs is 1. The first-order valence-electron chi connectivity index (χ1n) is 8.39. The van der Waals surface area contributed by atoms with Crippen molar-refractivity contribution >= 4 is 5.91 Å². The van der Waals surface area contributed by atoms with Crippen molar-refractivity contribution in [2.45, 2.75) is 50.8 Å². The van der Waals surface area contributed by atoms with Crippen LogP contribution < -0.4 is 5.32 Å². The lowest BCUT2D eigenvalue weighted by molar-refractivity contribution is -0.121. The van der Waals surface area contributed by atoms with Crippen LogP contribution in [0.25, 0.3) is 0 Å². The molecule has 0 bridgehead atoms. The van der Waals surface area contributed by atoms with Crippen molar-refractivity contribution in [2.75, 3.05) is 19.7 Å². The Morgan fingerprint density at radius 3 is 2.95 bits per heavy atom. The molecule has 1 aromatic rings. The summed E-state index contributed by atoms with van der Waals surface area (Å²) in [5.74, 6) is 0.190. The van der Waals surface area contributed by atoms with E-state index in [9.17, 15) is 4.79 Å². The fourth-order valence-electron chi connectivity index (χ4n) is 3.54.